The van der Waals surface area contributed by atoms with Gasteiger partial charge >= 0.3 is 21.7 Å². The minimum absolute atomic E-state index is 0. The molecule has 4 atom stereocenters. The van der Waals surface area contributed by atoms with E-state index in [1.54, 1.807) is 14.0 Å². The van der Waals surface area contributed by atoms with E-state index in [-0.39, 0.29) is 36.1 Å². The third-order valence-electron chi connectivity index (χ3n) is 6.25. The molecule has 0 spiro atoms. The Morgan fingerprint density at radius 2 is 1.84 bits per heavy atom. The van der Waals surface area contributed by atoms with Gasteiger partial charge in [0.15, 0.2) is 0 Å². The zero-order chi connectivity index (χ0) is 21.7. The van der Waals surface area contributed by atoms with Crippen molar-refractivity contribution in [1.29, 1.82) is 0 Å². The average molecular weight is 476 g/mol. The number of rotatable bonds is 4. The SMILES string of the molecule is COC1=CC2C(C=C1)C([Si](C)(C)[N-]C(C)(C)C)CC2N1CCCC1.[C-]#CC#CC.[CH3-].[HH].[Ti+3]. The first kappa shape index (κ1) is 30.3. The van der Waals surface area contributed by atoms with Gasteiger partial charge in [0.25, 0.3) is 0 Å². The molecule has 0 aromatic carbocycles. The Balaban J connectivity index is 0. The van der Waals surface area contributed by atoms with E-state index < -0.39 is 8.24 Å². The molecule has 171 valence electrons. The van der Waals surface area contributed by atoms with Crippen LogP contribution < -0.4 is 0 Å². The van der Waals surface area contributed by atoms with Gasteiger partial charge in [0.1, 0.15) is 5.76 Å². The molecule has 0 amide bonds. The standard InChI is InChI=1S/C20H35N2OSi.C5H3.CH3.Ti.H2/c1-20(2,3)21-24(5,6)19-14-18(22-11-7-8-12-22)17-13-15(23-4)9-10-16(17)19;1-3-5-4-2;;;/h9-10,13,16-19H,7-8,11-12,14H2,1-6H3;1H3;1H3;;1H/q3*-1;+3;. The van der Waals surface area contributed by atoms with Crippen molar-refractivity contribution in [1.82, 2.24) is 4.90 Å². The first-order valence-electron chi connectivity index (χ1n) is 10.9. The third kappa shape index (κ3) is 8.27. The van der Waals surface area contributed by atoms with Crippen molar-refractivity contribution in [2.45, 2.75) is 77.2 Å². The second kappa shape index (κ2) is 13.1. The van der Waals surface area contributed by atoms with Gasteiger partial charge in [-0.1, -0.05) is 53.7 Å². The van der Waals surface area contributed by atoms with E-state index >= 15 is 0 Å². The van der Waals surface area contributed by atoms with Crippen molar-refractivity contribution >= 4 is 8.24 Å². The minimum Gasteiger partial charge on any atom is -0.660 e. The summed E-state index contributed by atoms with van der Waals surface area (Å²) in [4.78, 5) is 8.10. The predicted octanol–water partition coefficient (Wildman–Crippen LogP) is 6.23. The van der Waals surface area contributed by atoms with Gasteiger partial charge in [0, 0.05) is 13.4 Å². The number of ether oxygens (including phenoxy) is 1. The molecule has 3 rings (SSSR count). The third-order valence-corrected chi connectivity index (χ3v) is 9.93. The summed E-state index contributed by atoms with van der Waals surface area (Å²) in [6, 6.07) is 0.680. The molecule has 1 aliphatic heterocycles. The van der Waals surface area contributed by atoms with Crippen LogP contribution in [0.3, 0.4) is 0 Å². The Kier molecular flexibility index (Phi) is 12.8. The Hall–Kier alpha value is -0.749. The number of fused-ring (bicyclic) bond motifs is 1. The topological polar surface area (TPSA) is 26.6 Å². The molecule has 0 bridgehead atoms. The van der Waals surface area contributed by atoms with Gasteiger partial charge in [-0.2, -0.15) is 0 Å². The second-order valence-electron chi connectivity index (χ2n) is 9.88. The molecule has 4 unspecified atom stereocenters. The maximum Gasteiger partial charge on any atom is 3.00 e. The van der Waals surface area contributed by atoms with E-state index in [0.29, 0.717) is 17.9 Å². The summed E-state index contributed by atoms with van der Waals surface area (Å²) in [5, 5.41) is 0. The molecular weight excluding hydrogens is 432 g/mol. The molecule has 1 saturated heterocycles. The van der Waals surface area contributed by atoms with E-state index in [9.17, 15) is 0 Å². The quantitative estimate of drug-likeness (QED) is 0.274. The van der Waals surface area contributed by atoms with Crippen LogP contribution in [0.1, 0.15) is 48.4 Å². The molecule has 2 aliphatic carbocycles. The van der Waals surface area contributed by atoms with Crippen LogP contribution in [0.2, 0.25) is 18.6 Å². The Bertz CT molecular complexity index is 721. The zero-order valence-corrected chi connectivity index (χ0v) is 23.4. The monoisotopic (exact) mass is 475 g/mol. The number of hydrogen-bond donors (Lipinski definition) is 0. The summed E-state index contributed by atoms with van der Waals surface area (Å²) in [6.45, 7) is 16.0. The van der Waals surface area contributed by atoms with Crippen LogP contribution in [0.4, 0.5) is 0 Å². The van der Waals surface area contributed by atoms with E-state index in [2.05, 4.69) is 68.8 Å². The van der Waals surface area contributed by atoms with Gasteiger partial charge in [-0.25, -0.2) is 5.92 Å². The van der Waals surface area contributed by atoms with Gasteiger partial charge in [-0.15, -0.1) is 5.54 Å². The maximum absolute atomic E-state index is 6.18. The number of allylic oxidation sites excluding steroid dienone is 2. The number of methoxy groups -OCH3 is 1. The molecule has 1 heterocycles. The van der Waals surface area contributed by atoms with Crippen LogP contribution in [0.5, 0.6) is 0 Å². The van der Waals surface area contributed by atoms with E-state index in [1.807, 2.05) is 5.92 Å². The molecule has 1 saturated carbocycles. The number of hydrogen-bond acceptors (Lipinski definition) is 2. The second-order valence-corrected chi connectivity index (χ2v) is 14.1. The summed E-state index contributed by atoms with van der Waals surface area (Å²) >= 11 is 0. The molecule has 0 N–H and O–H groups in total. The summed E-state index contributed by atoms with van der Waals surface area (Å²) in [7, 11) is 0.131. The molecule has 2 fully saturated rings. The van der Waals surface area contributed by atoms with Crippen molar-refractivity contribution < 1.29 is 27.9 Å². The van der Waals surface area contributed by atoms with Crippen LogP contribution in [-0.2, 0) is 26.5 Å². The van der Waals surface area contributed by atoms with Gasteiger partial charge < -0.3 is 23.6 Å². The molecule has 0 aromatic rings. The molecule has 3 aliphatic rings. The predicted molar refractivity (Wildman–Crippen MR) is 134 cm³/mol. The van der Waals surface area contributed by atoms with Crippen molar-refractivity contribution in [3.8, 4) is 17.8 Å². The Morgan fingerprint density at radius 1 is 1.23 bits per heavy atom. The van der Waals surface area contributed by atoms with E-state index in [0.717, 1.165) is 11.3 Å². The van der Waals surface area contributed by atoms with Crippen molar-refractivity contribution in [3.63, 3.8) is 0 Å². The average Bonchev–Trinajstić information content (AvgIpc) is 3.28. The van der Waals surface area contributed by atoms with Crippen molar-refractivity contribution in [3.05, 3.63) is 42.8 Å². The molecule has 3 nitrogen and oxygen atoms in total. The molecule has 1 radical (unpaired) electrons. The fraction of sp³-hybridized carbons (Fsp3) is 0.654. The van der Waals surface area contributed by atoms with Crippen LogP contribution in [0.25, 0.3) is 4.98 Å². The molecule has 31 heavy (non-hydrogen) atoms. The summed E-state index contributed by atoms with van der Waals surface area (Å²) in [5.74, 6) is 8.95. The molecule has 5 heteroatoms. The normalized spacial score (nSPS) is 27.1. The van der Waals surface area contributed by atoms with Crippen LogP contribution in [0.15, 0.2) is 24.0 Å². The summed E-state index contributed by atoms with van der Waals surface area (Å²) in [6.07, 6.45) is 17.3. The minimum atomic E-state index is -1.66. The first-order valence-corrected chi connectivity index (χ1v) is 13.9. The van der Waals surface area contributed by atoms with Crippen molar-refractivity contribution in [2.75, 3.05) is 20.2 Å². The van der Waals surface area contributed by atoms with E-state index in [1.165, 1.54) is 32.4 Å². The summed E-state index contributed by atoms with van der Waals surface area (Å²) in [5.41, 5.74) is 0.807. The van der Waals surface area contributed by atoms with Gasteiger partial charge in [-0.3, -0.25) is 16.7 Å². The van der Waals surface area contributed by atoms with Crippen LogP contribution >= 0.6 is 0 Å². The Morgan fingerprint density at radius 3 is 2.29 bits per heavy atom. The maximum atomic E-state index is 6.18. The van der Waals surface area contributed by atoms with Gasteiger partial charge in [-0.05, 0) is 57.3 Å². The fourth-order valence-corrected chi connectivity index (χ4v) is 9.39. The molecular formula is C26H43N2OSiTi. The molecule has 0 aromatic heterocycles. The summed E-state index contributed by atoms with van der Waals surface area (Å²) < 4.78 is 5.56. The first-order chi connectivity index (χ1) is 13.6. The smallest absolute Gasteiger partial charge is 0.660 e. The number of likely N-dealkylation sites (tertiary alicyclic amines) is 1. The Labute approximate surface area is 210 Å². The van der Waals surface area contributed by atoms with Gasteiger partial charge in [0.05, 0.1) is 7.11 Å². The fourth-order valence-electron chi connectivity index (χ4n) is 5.41. The largest absolute Gasteiger partial charge is 3.00 e. The van der Waals surface area contributed by atoms with Crippen LogP contribution in [0, 0.1) is 43.4 Å². The van der Waals surface area contributed by atoms with Crippen molar-refractivity contribution in [2.24, 2.45) is 11.8 Å². The van der Waals surface area contributed by atoms with Crippen LogP contribution in [-0.4, -0.2) is 44.9 Å². The van der Waals surface area contributed by atoms with E-state index in [4.69, 9.17) is 16.1 Å². The zero-order valence-electron chi connectivity index (χ0n) is 20.9. The number of nitrogens with zero attached hydrogens (tertiary/aromatic N) is 2. The van der Waals surface area contributed by atoms with Gasteiger partial charge in [0.2, 0.25) is 0 Å².